The lowest BCUT2D eigenvalue weighted by Gasteiger charge is -2.31. The number of amides is 1. The lowest BCUT2D eigenvalue weighted by Crippen LogP contribution is -2.35. The highest BCUT2D eigenvalue weighted by atomic mass is 16.1. The van der Waals surface area contributed by atoms with Gasteiger partial charge in [-0.15, -0.1) is 0 Å². The minimum atomic E-state index is -0.373. The molecule has 1 aromatic heterocycles. The van der Waals surface area contributed by atoms with E-state index in [0.717, 1.165) is 48.6 Å². The van der Waals surface area contributed by atoms with E-state index in [-0.39, 0.29) is 12.5 Å². The van der Waals surface area contributed by atoms with Crippen molar-refractivity contribution < 1.29 is 4.79 Å². The Morgan fingerprint density at radius 1 is 1.18 bits per heavy atom. The molecule has 1 aliphatic heterocycles. The molecular weight excluding hydrogens is 278 g/mol. The van der Waals surface area contributed by atoms with E-state index >= 15 is 0 Å². The number of fused-ring (bicyclic) bond motifs is 1. The van der Waals surface area contributed by atoms with Crippen LogP contribution in [0, 0.1) is 0 Å². The molecule has 0 atom stereocenters. The molecule has 0 radical (unpaired) electrons. The van der Waals surface area contributed by atoms with Crippen LogP contribution < -0.4 is 15.5 Å². The fourth-order valence-corrected chi connectivity index (χ4v) is 2.86. The summed E-state index contributed by atoms with van der Waals surface area (Å²) in [5.74, 6) is 1.20. The van der Waals surface area contributed by atoms with Crippen LogP contribution in [-0.2, 0) is 4.79 Å². The van der Waals surface area contributed by atoms with Gasteiger partial charge in [0.2, 0.25) is 5.91 Å². The molecule has 1 amide bonds. The summed E-state index contributed by atoms with van der Waals surface area (Å²) in [6.45, 7) is 2.09. The van der Waals surface area contributed by atoms with Gasteiger partial charge in [0.1, 0.15) is 0 Å². The molecule has 1 aromatic carbocycles. The van der Waals surface area contributed by atoms with Gasteiger partial charge in [0, 0.05) is 20.1 Å². The summed E-state index contributed by atoms with van der Waals surface area (Å²) < 4.78 is 0. The molecular formula is C16H21N5O. The average molecular weight is 299 g/mol. The van der Waals surface area contributed by atoms with Crippen molar-refractivity contribution in [1.29, 1.82) is 0 Å². The Kier molecular flexibility index (Phi) is 4.09. The Morgan fingerprint density at radius 3 is 2.45 bits per heavy atom. The van der Waals surface area contributed by atoms with Gasteiger partial charge in [0.05, 0.1) is 17.6 Å². The highest BCUT2D eigenvalue weighted by molar-refractivity contribution is 5.84. The molecule has 2 heterocycles. The fourth-order valence-electron chi connectivity index (χ4n) is 2.86. The number of benzene rings is 1. The number of anilines is 2. The average Bonchev–Trinajstić information content (AvgIpc) is 2.54. The van der Waals surface area contributed by atoms with E-state index in [1.54, 1.807) is 4.90 Å². The molecule has 0 bridgehead atoms. The van der Waals surface area contributed by atoms with Gasteiger partial charge < -0.3 is 15.5 Å². The molecule has 0 unspecified atom stereocenters. The molecule has 1 fully saturated rings. The summed E-state index contributed by atoms with van der Waals surface area (Å²) in [7, 11) is 1.83. The predicted molar refractivity (Wildman–Crippen MR) is 88.1 cm³/mol. The first-order valence-corrected chi connectivity index (χ1v) is 7.66. The number of nitrogens with two attached hydrogens (primary N) is 1. The number of carbonyl (C=O) groups is 1. The monoisotopic (exact) mass is 299 g/mol. The fraction of sp³-hybridized carbons (Fsp3) is 0.438. The van der Waals surface area contributed by atoms with Gasteiger partial charge in [0.25, 0.3) is 0 Å². The van der Waals surface area contributed by atoms with Gasteiger partial charge in [-0.25, -0.2) is 9.97 Å². The first-order valence-electron chi connectivity index (χ1n) is 7.66. The van der Waals surface area contributed by atoms with Gasteiger partial charge in [0.15, 0.2) is 11.6 Å². The molecule has 0 spiro atoms. The second kappa shape index (κ2) is 6.17. The quantitative estimate of drug-likeness (QED) is 0.927. The van der Waals surface area contributed by atoms with Crippen LogP contribution in [0.1, 0.15) is 19.3 Å². The SMILES string of the molecule is CN(CC(N)=O)c1nc2ccccc2nc1N1CCCCC1. The van der Waals surface area contributed by atoms with Gasteiger partial charge in [-0.3, -0.25) is 4.79 Å². The maximum atomic E-state index is 11.3. The summed E-state index contributed by atoms with van der Waals surface area (Å²) in [6.07, 6.45) is 3.57. The molecule has 22 heavy (non-hydrogen) atoms. The maximum Gasteiger partial charge on any atom is 0.236 e. The first kappa shape index (κ1) is 14.6. The number of aromatic nitrogens is 2. The molecule has 2 N–H and O–H groups in total. The summed E-state index contributed by atoms with van der Waals surface area (Å²) in [4.78, 5) is 24.8. The lowest BCUT2D eigenvalue weighted by atomic mass is 10.1. The third-order valence-corrected chi connectivity index (χ3v) is 3.94. The van der Waals surface area contributed by atoms with E-state index in [1.165, 1.54) is 6.42 Å². The van der Waals surface area contributed by atoms with Crippen molar-refractivity contribution in [1.82, 2.24) is 9.97 Å². The normalized spacial score (nSPS) is 15.0. The van der Waals surface area contributed by atoms with Crippen LogP contribution in [0.4, 0.5) is 11.6 Å². The van der Waals surface area contributed by atoms with E-state index in [1.807, 2.05) is 31.3 Å². The smallest absolute Gasteiger partial charge is 0.236 e. The number of rotatable bonds is 4. The second-order valence-electron chi connectivity index (χ2n) is 5.73. The number of hydrogen-bond acceptors (Lipinski definition) is 5. The standard InChI is InChI=1S/C16H21N5O/c1-20(11-14(17)22)15-16(21-9-5-2-6-10-21)19-13-8-4-3-7-12(13)18-15/h3-4,7-8H,2,5-6,9-11H2,1H3,(H2,17,22). The van der Waals surface area contributed by atoms with Crippen molar-refractivity contribution in [3.05, 3.63) is 24.3 Å². The number of primary amides is 1. The molecule has 1 saturated heterocycles. The Hall–Kier alpha value is -2.37. The minimum Gasteiger partial charge on any atom is -0.368 e. The van der Waals surface area contributed by atoms with Gasteiger partial charge in [-0.05, 0) is 31.4 Å². The Labute approximate surface area is 129 Å². The van der Waals surface area contributed by atoms with Crippen molar-refractivity contribution in [3.63, 3.8) is 0 Å². The number of hydrogen-bond donors (Lipinski definition) is 1. The Balaban J connectivity index is 2.06. The highest BCUT2D eigenvalue weighted by Crippen LogP contribution is 2.29. The topological polar surface area (TPSA) is 75.3 Å². The van der Waals surface area contributed by atoms with Crippen molar-refractivity contribution in [2.45, 2.75) is 19.3 Å². The molecule has 116 valence electrons. The number of carbonyl (C=O) groups excluding carboxylic acids is 1. The van der Waals surface area contributed by atoms with Gasteiger partial charge in [-0.2, -0.15) is 0 Å². The summed E-state index contributed by atoms with van der Waals surface area (Å²) in [5, 5.41) is 0. The highest BCUT2D eigenvalue weighted by Gasteiger charge is 2.21. The molecule has 1 aliphatic rings. The predicted octanol–water partition coefficient (Wildman–Crippen LogP) is 1.54. The number of piperidine rings is 1. The van der Waals surface area contributed by atoms with E-state index in [4.69, 9.17) is 15.7 Å². The molecule has 6 nitrogen and oxygen atoms in total. The van der Waals surface area contributed by atoms with E-state index in [0.29, 0.717) is 0 Å². The summed E-state index contributed by atoms with van der Waals surface area (Å²) >= 11 is 0. The second-order valence-corrected chi connectivity index (χ2v) is 5.73. The third-order valence-electron chi connectivity index (χ3n) is 3.94. The van der Waals surface area contributed by atoms with Crippen LogP contribution in [0.2, 0.25) is 0 Å². The molecule has 0 saturated carbocycles. The zero-order chi connectivity index (χ0) is 15.5. The van der Waals surface area contributed by atoms with E-state index < -0.39 is 0 Å². The number of likely N-dealkylation sites (N-methyl/N-ethyl adjacent to an activating group) is 1. The number of para-hydroxylation sites is 2. The zero-order valence-electron chi connectivity index (χ0n) is 12.8. The zero-order valence-corrected chi connectivity index (χ0v) is 12.8. The van der Waals surface area contributed by atoms with Crippen LogP contribution in [0.15, 0.2) is 24.3 Å². The first-order chi connectivity index (χ1) is 10.6. The molecule has 6 heteroatoms. The molecule has 3 rings (SSSR count). The van der Waals surface area contributed by atoms with Crippen molar-refractivity contribution in [2.75, 3.05) is 36.5 Å². The minimum absolute atomic E-state index is 0.133. The van der Waals surface area contributed by atoms with E-state index in [2.05, 4.69) is 4.90 Å². The Bertz CT molecular complexity index is 681. The van der Waals surface area contributed by atoms with Crippen LogP contribution >= 0.6 is 0 Å². The van der Waals surface area contributed by atoms with Crippen LogP contribution in [0.3, 0.4) is 0 Å². The van der Waals surface area contributed by atoms with E-state index in [9.17, 15) is 4.79 Å². The maximum absolute atomic E-state index is 11.3. The van der Waals surface area contributed by atoms with Crippen molar-refractivity contribution >= 4 is 28.6 Å². The summed E-state index contributed by atoms with van der Waals surface area (Å²) in [6, 6.07) is 7.80. The number of nitrogens with zero attached hydrogens (tertiary/aromatic N) is 4. The van der Waals surface area contributed by atoms with Crippen molar-refractivity contribution in [3.8, 4) is 0 Å². The van der Waals surface area contributed by atoms with Crippen LogP contribution in [0.5, 0.6) is 0 Å². The third kappa shape index (κ3) is 2.95. The molecule has 0 aliphatic carbocycles. The van der Waals surface area contributed by atoms with Crippen LogP contribution in [0.25, 0.3) is 11.0 Å². The Morgan fingerprint density at radius 2 is 1.82 bits per heavy atom. The van der Waals surface area contributed by atoms with Crippen molar-refractivity contribution in [2.24, 2.45) is 5.73 Å². The largest absolute Gasteiger partial charge is 0.368 e. The van der Waals surface area contributed by atoms with Crippen LogP contribution in [-0.4, -0.2) is 42.6 Å². The van der Waals surface area contributed by atoms with Gasteiger partial charge in [-0.1, -0.05) is 12.1 Å². The van der Waals surface area contributed by atoms with Gasteiger partial charge >= 0.3 is 0 Å². The molecule has 2 aromatic rings. The lowest BCUT2D eigenvalue weighted by molar-refractivity contribution is -0.116. The summed E-state index contributed by atoms with van der Waals surface area (Å²) in [5.41, 5.74) is 7.03.